The molecule has 0 saturated carbocycles. The Hall–Kier alpha value is -5.69. The van der Waals surface area contributed by atoms with Gasteiger partial charge in [0.15, 0.2) is 23.0 Å². The van der Waals surface area contributed by atoms with Crippen molar-refractivity contribution in [2.24, 2.45) is 5.73 Å². The van der Waals surface area contributed by atoms with Crippen molar-refractivity contribution >= 4 is 5.97 Å². The Labute approximate surface area is 246 Å². The Bertz CT molecular complexity index is 1780. The maximum atomic E-state index is 14.1. The second-order valence-corrected chi connectivity index (χ2v) is 9.70. The lowest BCUT2D eigenvalue weighted by atomic mass is 9.83. The van der Waals surface area contributed by atoms with E-state index in [-0.39, 0.29) is 36.2 Å². The number of methoxy groups -OCH3 is 1. The number of benzene rings is 4. The summed E-state index contributed by atoms with van der Waals surface area (Å²) in [7, 11) is 1.49. The smallest absolute Gasteiger partial charge is 0.356 e. The molecule has 0 bridgehead atoms. The first kappa shape index (κ1) is 27.5. The maximum Gasteiger partial charge on any atom is 0.356 e. The molecule has 0 fully saturated rings. The summed E-state index contributed by atoms with van der Waals surface area (Å²) in [5, 5.41) is 9.97. The van der Waals surface area contributed by atoms with E-state index in [9.17, 15) is 14.4 Å². The van der Waals surface area contributed by atoms with Gasteiger partial charge in [-0.15, -0.1) is 0 Å². The fourth-order valence-corrected chi connectivity index (χ4v) is 4.91. The molecule has 2 N–H and O–H groups in total. The second kappa shape index (κ2) is 11.7. The van der Waals surface area contributed by atoms with Gasteiger partial charge in [0.1, 0.15) is 42.2 Å². The zero-order valence-corrected chi connectivity index (χ0v) is 22.9. The molecule has 0 radical (unpaired) electrons. The van der Waals surface area contributed by atoms with Crippen LogP contribution in [0.2, 0.25) is 0 Å². The van der Waals surface area contributed by atoms with E-state index in [1.807, 2.05) is 6.07 Å². The Morgan fingerprint density at radius 3 is 2.58 bits per heavy atom. The number of hydrogen-bond acceptors (Lipinski definition) is 9. The molecule has 0 spiro atoms. The summed E-state index contributed by atoms with van der Waals surface area (Å²) in [6.45, 7) is 0.00716. The van der Waals surface area contributed by atoms with Gasteiger partial charge in [0.2, 0.25) is 12.0 Å². The normalized spacial score (nSPS) is 16.8. The zero-order chi connectivity index (χ0) is 29.9. The molecule has 2 unspecified atom stereocenters. The summed E-state index contributed by atoms with van der Waals surface area (Å²) in [5.41, 5.74) is 8.07. The number of halogens is 1. The van der Waals surface area contributed by atoms with Crippen molar-refractivity contribution in [3.63, 3.8) is 0 Å². The molecule has 2 aliphatic heterocycles. The molecule has 0 aliphatic carbocycles. The number of ether oxygens (including phenoxy) is 6. The minimum absolute atomic E-state index is 0.00239. The SMILES string of the molecule is COc1cc(C2C(C#N)=C(N)Oc3cc(OC(=O)C4COc5ccccc5O4)ccc32)ccc1OCc1ccccc1F. The van der Waals surface area contributed by atoms with E-state index in [2.05, 4.69) is 6.07 Å². The van der Waals surface area contributed by atoms with E-state index in [0.717, 1.165) is 0 Å². The monoisotopic (exact) mass is 580 g/mol. The number of nitrogens with two attached hydrogens (primary N) is 1. The lowest BCUT2D eigenvalue weighted by Gasteiger charge is -2.27. The Morgan fingerprint density at radius 2 is 1.79 bits per heavy atom. The van der Waals surface area contributed by atoms with Crippen molar-refractivity contribution in [3.8, 4) is 40.6 Å². The first-order valence-corrected chi connectivity index (χ1v) is 13.3. The van der Waals surface area contributed by atoms with E-state index < -0.39 is 18.0 Å². The zero-order valence-electron chi connectivity index (χ0n) is 22.9. The van der Waals surface area contributed by atoms with Crippen LogP contribution in [0, 0.1) is 17.1 Å². The van der Waals surface area contributed by atoms with Gasteiger partial charge in [-0.1, -0.05) is 42.5 Å². The third-order valence-corrected chi connectivity index (χ3v) is 7.04. The first-order chi connectivity index (χ1) is 20.9. The van der Waals surface area contributed by atoms with Crippen LogP contribution in [0.4, 0.5) is 4.39 Å². The van der Waals surface area contributed by atoms with Gasteiger partial charge in [-0.2, -0.15) is 5.26 Å². The second-order valence-electron chi connectivity index (χ2n) is 9.70. The summed E-state index contributed by atoms with van der Waals surface area (Å²) in [5.74, 6) is 0.609. The lowest BCUT2D eigenvalue weighted by Crippen LogP contribution is -2.39. The molecule has 0 amide bonds. The number of esters is 1. The summed E-state index contributed by atoms with van der Waals surface area (Å²) >= 11 is 0. The van der Waals surface area contributed by atoms with E-state index in [0.29, 0.717) is 45.4 Å². The molecule has 9 nitrogen and oxygen atoms in total. The number of hydrogen-bond donors (Lipinski definition) is 1. The highest BCUT2D eigenvalue weighted by Crippen LogP contribution is 2.45. The number of carbonyl (C=O) groups excluding carboxylic acids is 1. The Balaban J connectivity index is 1.24. The number of carbonyl (C=O) groups is 1. The van der Waals surface area contributed by atoms with Crippen molar-refractivity contribution in [1.82, 2.24) is 0 Å². The molecule has 0 aromatic heterocycles. The fourth-order valence-electron chi connectivity index (χ4n) is 4.91. The van der Waals surface area contributed by atoms with E-state index >= 15 is 0 Å². The van der Waals surface area contributed by atoms with E-state index in [4.69, 9.17) is 34.2 Å². The third kappa shape index (κ3) is 5.48. The van der Waals surface area contributed by atoms with Crippen LogP contribution < -0.4 is 34.2 Å². The predicted molar refractivity (Wildman–Crippen MR) is 151 cm³/mol. The van der Waals surface area contributed by atoms with Crippen LogP contribution in [0.15, 0.2) is 96.4 Å². The average molecular weight is 581 g/mol. The number of para-hydroxylation sites is 2. The average Bonchev–Trinajstić information content (AvgIpc) is 3.03. The fraction of sp³-hybridized carbons (Fsp3) is 0.152. The van der Waals surface area contributed by atoms with E-state index in [1.54, 1.807) is 66.7 Å². The van der Waals surface area contributed by atoms with Gasteiger partial charge < -0.3 is 34.2 Å². The van der Waals surface area contributed by atoms with Crippen molar-refractivity contribution in [3.05, 3.63) is 119 Å². The molecule has 6 rings (SSSR count). The molecule has 10 heteroatoms. The molecule has 2 heterocycles. The number of allylic oxidation sites excluding steroid dienone is 1. The van der Waals surface area contributed by atoms with Crippen LogP contribution in [0.5, 0.6) is 34.5 Å². The van der Waals surface area contributed by atoms with Gasteiger partial charge in [-0.05, 0) is 42.0 Å². The molecule has 4 aromatic carbocycles. The lowest BCUT2D eigenvalue weighted by molar-refractivity contribution is -0.144. The summed E-state index contributed by atoms with van der Waals surface area (Å²) in [6.07, 6.45) is -0.957. The summed E-state index contributed by atoms with van der Waals surface area (Å²) < 4.78 is 48.2. The van der Waals surface area contributed by atoms with Gasteiger partial charge in [-0.25, -0.2) is 9.18 Å². The quantitative estimate of drug-likeness (QED) is 0.227. The van der Waals surface area contributed by atoms with Gasteiger partial charge >= 0.3 is 5.97 Å². The summed E-state index contributed by atoms with van der Waals surface area (Å²) in [4.78, 5) is 12.9. The van der Waals surface area contributed by atoms with Crippen LogP contribution in [0.1, 0.15) is 22.6 Å². The molecule has 43 heavy (non-hydrogen) atoms. The first-order valence-electron chi connectivity index (χ1n) is 13.3. The van der Waals surface area contributed by atoms with Gasteiger partial charge in [0.25, 0.3) is 0 Å². The van der Waals surface area contributed by atoms with Crippen LogP contribution >= 0.6 is 0 Å². The minimum Gasteiger partial charge on any atom is -0.493 e. The largest absolute Gasteiger partial charge is 0.493 e. The minimum atomic E-state index is -0.957. The number of nitrogens with zero attached hydrogens (tertiary/aromatic N) is 1. The Kier molecular flexibility index (Phi) is 7.45. The number of rotatable bonds is 7. The van der Waals surface area contributed by atoms with Crippen LogP contribution in [-0.4, -0.2) is 25.8 Å². The molecular weight excluding hydrogens is 555 g/mol. The maximum absolute atomic E-state index is 14.1. The number of nitriles is 1. The molecule has 2 atom stereocenters. The van der Waals surface area contributed by atoms with Crippen molar-refractivity contribution in [2.75, 3.05) is 13.7 Å². The van der Waals surface area contributed by atoms with Crippen molar-refractivity contribution in [1.29, 1.82) is 5.26 Å². The van der Waals surface area contributed by atoms with Crippen molar-refractivity contribution in [2.45, 2.75) is 18.6 Å². The van der Waals surface area contributed by atoms with Gasteiger partial charge in [-0.3, -0.25) is 0 Å². The topological polar surface area (TPSA) is 122 Å². The molecule has 216 valence electrons. The molecular formula is C33H25FN2O7. The molecule has 2 aliphatic rings. The van der Waals surface area contributed by atoms with Gasteiger partial charge in [0.05, 0.1) is 13.0 Å². The van der Waals surface area contributed by atoms with Crippen LogP contribution in [0.3, 0.4) is 0 Å². The van der Waals surface area contributed by atoms with E-state index in [1.165, 1.54) is 19.2 Å². The van der Waals surface area contributed by atoms with Crippen LogP contribution in [0.25, 0.3) is 0 Å². The number of fused-ring (bicyclic) bond motifs is 2. The summed E-state index contributed by atoms with van der Waals surface area (Å²) in [6, 6.07) is 25.6. The third-order valence-electron chi connectivity index (χ3n) is 7.04. The van der Waals surface area contributed by atoms with Gasteiger partial charge in [0, 0.05) is 17.2 Å². The van der Waals surface area contributed by atoms with Crippen molar-refractivity contribution < 1.29 is 37.6 Å². The predicted octanol–water partition coefficient (Wildman–Crippen LogP) is 5.38. The standard InChI is InChI=1S/C33H25FN2O7/c1-38-29-14-19(10-13-26(29)39-17-20-6-2-3-7-24(20)34)31-22-12-11-21(15-28(22)43-32(36)23(31)16-35)41-33(37)30-18-40-25-8-4-5-9-27(25)42-30/h2-15,30-31H,17-18,36H2,1H3. The van der Waals surface area contributed by atoms with Crippen LogP contribution in [-0.2, 0) is 11.4 Å². The highest BCUT2D eigenvalue weighted by Gasteiger charge is 2.33. The highest BCUT2D eigenvalue weighted by atomic mass is 19.1. The molecule has 0 saturated heterocycles. The Morgan fingerprint density at radius 1 is 1.00 bits per heavy atom. The highest BCUT2D eigenvalue weighted by molar-refractivity contribution is 5.78. The molecule has 4 aromatic rings.